The number of hydrogen-bond acceptors (Lipinski definition) is 6. The van der Waals surface area contributed by atoms with E-state index in [0.29, 0.717) is 37.6 Å². The zero-order chi connectivity index (χ0) is 16.3. The van der Waals surface area contributed by atoms with Crippen LogP contribution in [0.1, 0.15) is 23.7 Å². The molecule has 2 aromatic rings. The fourth-order valence-electron chi connectivity index (χ4n) is 2.63. The highest BCUT2D eigenvalue weighted by atomic mass is 16.3. The molecule has 1 aliphatic rings. The average Bonchev–Trinajstić information content (AvgIpc) is 3.21. The summed E-state index contributed by atoms with van der Waals surface area (Å²) in [7, 11) is 0. The van der Waals surface area contributed by atoms with Crippen LogP contribution in [0, 0.1) is 0 Å². The van der Waals surface area contributed by atoms with Gasteiger partial charge in [-0.05, 0) is 19.4 Å². The minimum absolute atomic E-state index is 0.187. The predicted molar refractivity (Wildman–Crippen MR) is 84.0 cm³/mol. The van der Waals surface area contributed by atoms with Crippen LogP contribution >= 0.6 is 0 Å². The van der Waals surface area contributed by atoms with Crippen LogP contribution in [0.4, 0.5) is 5.95 Å². The van der Waals surface area contributed by atoms with Crippen molar-refractivity contribution in [3.8, 4) is 0 Å². The van der Waals surface area contributed by atoms with Gasteiger partial charge in [0, 0.05) is 38.2 Å². The number of nitrogens with zero attached hydrogens (tertiary/aromatic N) is 5. The minimum Gasteiger partial charge on any atom is -0.386 e. The second kappa shape index (κ2) is 6.33. The molecule has 1 atom stereocenters. The molecule has 1 amide bonds. The Balaban J connectivity index is 1.56. The third kappa shape index (κ3) is 3.48. The standard InChI is InChI=1S/C15H20N6O2/c1-2-21-9-12(8-19-21)13(22)18-10-15(23)4-7-20(11-15)14-16-5-3-6-17-14/h3,5-6,8-9,23H,2,4,7,10-11H2,1H3,(H,18,22)/t15-/m1/s1. The number of carbonyl (C=O) groups is 1. The van der Waals surface area contributed by atoms with Crippen molar-refractivity contribution in [2.75, 3.05) is 24.5 Å². The maximum atomic E-state index is 12.1. The molecule has 0 bridgehead atoms. The number of β-amino-alcohol motifs (C(OH)–C–C–N with tert-alkyl or cyclic N) is 1. The number of aliphatic hydroxyl groups is 1. The first-order valence-electron chi connectivity index (χ1n) is 7.65. The topological polar surface area (TPSA) is 96.2 Å². The highest BCUT2D eigenvalue weighted by molar-refractivity contribution is 5.93. The molecule has 122 valence electrons. The predicted octanol–water partition coefficient (Wildman–Crippen LogP) is 0.0642. The fourth-order valence-corrected chi connectivity index (χ4v) is 2.63. The van der Waals surface area contributed by atoms with Gasteiger partial charge in [-0.2, -0.15) is 5.10 Å². The highest BCUT2D eigenvalue weighted by Gasteiger charge is 2.37. The molecule has 0 saturated carbocycles. The van der Waals surface area contributed by atoms with Gasteiger partial charge in [0.2, 0.25) is 5.95 Å². The summed E-state index contributed by atoms with van der Waals surface area (Å²) in [4.78, 5) is 22.4. The normalized spacial score (nSPS) is 20.7. The fraction of sp³-hybridized carbons (Fsp3) is 0.467. The molecule has 0 radical (unpaired) electrons. The summed E-state index contributed by atoms with van der Waals surface area (Å²) in [5.74, 6) is 0.367. The summed E-state index contributed by atoms with van der Waals surface area (Å²) in [6.45, 7) is 3.90. The molecule has 1 saturated heterocycles. The first-order valence-corrected chi connectivity index (χ1v) is 7.65. The zero-order valence-electron chi connectivity index (χ0n) is 13.0. The number of hydrogen-bond donors (Lipinski definition) is 2. The van der Waals surface area contributed by atoms with Crippen molar-refractivity contribution in [1.82, 2.24) is 25.1 Å². The lowest BCUT2D eigenvalue weighted by atomic mass is 10.0. The summed E-state index contributed by atoms with van der Waals surface area (Å²) in [5, 5.41) is 17.5. The maximum absolute atomic E-state index is 12.1. The first-order chi connectivity index (χ1) is 11.1. The summed E-state index contributed by atoms with van der Waals surface area (Å²) in [6.07, 6.45) is 7.12. The molecule has 23 heavy (non-hydrogen) atoms. The Morgan fingerprint density at radius 1 is 1.43 bits per heavy atom. The minimum atomic E-state index is -0.977. The lowest BCUT2D eigenvalue weighted by Gasteiger charge is -2.23. The average molecular weight is 316 g/mol. The number of carbonyl (C=O) groups excluding carboxylic acids is 1. The van der Waals surface area contributed by atoms with Crippen molar-refractivity contribution in [3.05, 3.63) is 36.4 Å². The smallest absolute Gasteiger partial charge is 0.254 e. The molecular weight excluding hydrogens is 296 g/mol. The van der Waals surface area contributed by atoms with E-state index < -0.39 is 5.60 Å². The van der Waals surface area contributed by atoms with E-state index in [2.05, 4.69) is 20.4 Å². The SMILES string of the molecule is CCn1cc(C(=O)NC[C@]2(O)CCN(c3ncccn3)C2)cn1. The van der Waals surface area contributed by atoms with E-state index in [0.717, 1.165) is 0 Å². The molecule has 2 N–H and O–H groups in total. The van der Waals surface area contributed by atoms with Crippen molar-refractivity contribution in [2.45, 2.75) is 25.5 Å². The maximum Gasteiger partial charge on any atom is 0.254 e. The van der Waals surface area contributed by atoms with Crippen molar-refractivity contribution in [3.63, 3.8) is 0 Å². The summed E-state index contributed by atoms with van der Waals surface area (Å²) < 4.78 is 1.69. The Hall–Kier alpha value is -2.48. The van der Waals surface area contributed by atoms with E-state index in [1.165, 1.54) is 6.20 Å². The summed E-state index contributed by atoms with van der Waals surface area (Å²) >= 11 is 0. The van der Waals surface area contributed by atoms with Crippen molar-refractivity contribution in [1.29, 1.82) is 0 Å². The van der Waals surface area contributed by atoms with Crippen LogP contribution in [0.25, 0.3) is 0 Å². The lowest BCUT2D eigenvalue weighted by Crippen LogP contribution is -2.45. The van der Waals surface area contributed by atoms with Gasteiger partial charge < -0.3 is 15.3 Å². The number of rotatable bonds is 5. The molecule has 3 rings (SSSR count). The molecule has 0 aliphatic carbocycles. The van der Waals surface area contributed by atoms with Crippen molar-refractivity contribution in [2.24, 2.45) is 0 Å². The van der Waals surface area contributed by atoms with Crippen LogP contribution in [-0.2, 0) is 6.54 Å². The Kier molecular flexibility index (Phi) is 4.24. The third-order valence-corrected chi connectivity index (χ3v) is 3.96. The van der Waals surface area contributed by atoms with Gasteiger partial charge in [-0.3, -0.25) is 9.48 Å². The van der Waals surface area contributed by atoms with Gasteiger partial charge in [-0.25, -0.2) is 9.97 Å². The molecule has 0 unspecified atom stereocenters. The molecule has 3 heterocycles. The van der Waals surface area contributed by atoms with Gasteiger partial charge in [0.15, 0.2) is 0 Å². The first kappa shape index (κ1) is 15.4. The molecule has 2 aromatic heterocycles. The van der Waals surface area contributed by atoms with E-state index in [1.807, 2.05) is 11.8 Å². The summed E-state index contributed by atoms with van der Waals surface area (Å²) in [5.41, 5.74) is -0.480. The van der Waals surface area contributed by atoms with Gasteiger partial charge >= 0.3 is 0 Å². The van der Waals surface area contributed by atoms with Crippen LogP contribution in [-0.4, -0.2) is 56.0 Å². The van der Waals surface area contributed by atoms with E-state index in [-0.39, 0.29) is 12.5 Å². The molecule has 8 nitrogen and oxygen atoms in total. The zero-order valence-corrected chi connectivity index (χ0v) is 13.0. The van der Waals surface area contributed by atoms with Crippen LogP contribution < -0.4 is 10.2 Å². The van der Waals surface area contributed by atoms with Crippen LogP contribution in [0.15, 0.2) is 30.9 Å². The Morgan fingerprint density at radius 2 is 2.22 bits per heavy atom. The molecule has 0 spiro atoms. The van der Waals surface area contributed by atoms with Gasteiger partial charge in [-0.1, -0.05) is 0 Å². The quantitative estimate of drug-likeness (QED) is 0.810. The van der Waals surface area contributed by atoms with Crippen LogP contribution in [0.2, 0.25) is 0 Å². The van der Waals surface area contributed by atoms with Gasteiger partial charge in [0.05, 0.1) is 18.3 Å². The number of aromatic nitrogens is 4. The second-order valence-corrected chi connectivity index (χ2v) is 5.71. The van der Waals surface area contributed by atoms with Crippen LogP contribution in [0.5, 0.6) is 0 Å². The number of amides is 1. The lowest BCUT2D eigenvalue weighted by molar-refractivity contribution is 0.0575. The van der Waals surface area contributed by atoms with Crippen molar-refractivity contribution >= 4 is 11.9 Å². The second-order valence-electron chi connectivity index (χ2n) is 5.71. The van der Waals surface area contributed by atoms with E-state index in [9.17, 15) is 9.90 Å². The molecule has 1 fully saturated rings. The Labute approximate surface area is 134 Å². The van der Waals surface area contributed by atoms with Gasteiger partial charge in [0.1, 0.15) is 5.60 Å². The molecule has 0 aromatic carbocycles. The monoisotopic (exact) mass is 316 g/mol. The number of aryl methyl sites for hydroxylation is 1. The molecule has 1 aliphatic heterocycles. The van der Waals surface area contributed by atoms with E-state index >= 15 is 0 Å². The van der Waals surface area contributed by atoms with Crippen LogP contribution in [0.3, 0.4) is 0 Å². The summed E-state index contributed by atoms with van der Waals surface area (Å²) in [6, 6.07) is 1.75. The largest absolute Gasteiger partial charge is 0.386 e. The Morgan fingerprint density at radius 3 is 2.91 bits per heavy atom. The molecular formula is C15H20N6O2. The molecule has 8 heteroatoms. The van der Waals surface area contributed by atoms with E-state index in [1.54, 1.807) is 29.3 Å². The number of nitrogens with one attached hydrogen (secondary N) is 1. The van der Waals surface area contributed by atoms with Gasteiger partial charge in [-0.15, -0.1) is 0 Å². The third-order valence-electron chi connectivity index (χ3n) is 3.96. The van der Waals surface area contributed by atoms with Crippen molar-refractivity contribution < 1.29 is 9.90 Å². The van der Waals surface area contributed by atoms with E-state index in [4.69, 9.17) is 0 Å². The number of anilines is 1. The Bertz CT molecular complexity index is 674. The van der Waals surface area contributed by atoms with Gasteiger partial charge in [0.25, 0.3) is 5.91 Å². The highest BCUT2D eigenvalue weighted by Crippen LogP contribution is 2.23.